The molecule has 1 N–H and O–H groups in total. The molecule has 1 aliphatic rings. The van der Waals surface area contributed by atoms with Crippen molar-refractivity contribution in [3.63, 3.8) is 0 Å². The van der Waals surface area contributed by atoms with Crippen molar-refractivity contribution in [2.75, 3.05) is 6.54 Å². The van der Waals surface area contributed by atoms with Gasteiger partial charge in [-0.15, -0.1) is 13.2 Å². The molecule has 0 bridgehead atoms. The fourth-order valence-electron chi connectivity index (χ4n) is 2.82. The molecule has 7 heteroatoms. The number of fused-ring (bicyclic) bond motifs is 1. The van der Waals surface area contributed by atoms with Gasteiger partial charge in [0, 0.05) is 36.6 Å². The Kier molecular flexibility index (Phi) is 4.94. The van der Waals surface area contributed by atoms with E-state index in [9.17, 15) is 13.2 Å². The second-order valence-corrected chi connectivity index (χ2v) is 6.16. The zero-order chi connectivity index (χ0) is 18.0. The van der Waals surface area contributed by atoms with Gasteiger partial charge in [0.1, 0.15) is 11.6 Å². The van der Waals surface area contributed by atoms with Crippen molar-refractivity contribution in [3.8, 4) is 17.0 Å². The van der Waals surface area contributed by atoms with Crippen molar-refractivity contribution in [1.82, 2.24) is 15.3 Å². The van der Waals surface area contributed by atoms with Gasteiger partial charge in [-0.05, 0) is 30.7 Å². The summed E-state index contributed by atoms with van der Waals surface area (Å²) in [6, 6.07) is 5.85. The lowest BCUT2D eigenvalue weighted by Gasteiger charge is -2.21. The van der Waals surface area contributed by atoms with Gasteiger partial charge in [0.05, 0.1) is 11.4 Å². The van der Waals surface area contributed by atoms with Crippen LogP contribution in [0.1, 0.15) is 43.3 Å². The molecule has 0 fully saturated rings. The number of benzene rings is 1. The lowest BCUT2D eigenvalue weighted by molar-refractivity contribution is -0.274. The maximum absolute atomic E-state index is 12.3. The van der Waals surface area contributed by atoms with Gasteiger partial charge >= 0.3 is 6.36 Å². The summed E-state index contributed by atoms with van der Waals surface area (Å²) in [7, 11) is 0. The molecule has 4 nitrogen and oxygen atoms in total. The number of ether oxygens (including phenoxy) is 1. The van der Waals surface area contributed by atoms with Crippen molar-refractivity contribution in [1.29, 1.82) is 0 Å². The van der Waals surface area contributed by atoms with Crippen LogP contribution in [0.15, 0.2) is 24.3 Å². The van der Waals surface area contributed by atoms with Crippen molar-refractivity contribution in [2.24, 2.45) is 0 Å². The van der Waals surface area contributed by atoms with Gasteiger partial charge in [-0.2, -0.15) is 0 Å². The van der Waals surface area contributed by atoms with Gasteiger partial charge in [0.15, 0.2) is 0 Å². The smallest absolute Gasteiger partial charge is 0.406 e. The minimum Gasteiger partial charge on any atom is -0.406 e. The number of alkyl halides is 3. The number of hydrogen-bond donors (Lipinski definition) is 1. The van der Waals surface area contributed by atoms with Crippen LogP contribution in [0, 0.1) is 0 Å². The fraction of sp³-hybridized carbons (Fsp3) is 0.444. The molecule has 1 aromatic heterocycles. The highest BCUT2D eigenvalue weighted by Crippen LogP contribution is 2.30. The standard InChI is InChI=1S/C18H20F3N3O/c1-3-11(2)17-23-15-8-9-22-10-14(15)16(24-17)12-4-6-13(7-5-12)25-18(19,20)21/h4-7,11,22H,3,8-10H2,1-2H3. The Morgan fingerprint density at radius 3 is 2.56 bits per heavy atom. The molecule has 0 saturated carbocycles. The lowest BCUT2D eigenvalue weighted by atomic mass is 9.98. The monoisotopic (exact) mass is 351 g/mol. The quantitative estimate of drug-likeness (QED) is 0.897. The highest BCUT2D eigenvalue weighted by molar-refractivity contribution is 5.65. The van der Waals surface area contributed by atoms with E-state index in [2.05, 4.69) is 23.9 Å². The maximum Gasteiger partial charge on any atom is 0.573 e. The zero-order valence-corrected chi connectivity index (χ0v) is 14.2. The predicted octanol–water partition coefficient (Wildman–Crippen LogP) is 4.20. The molecule has 1 aromatic carbocycles. The molecular formula is C18H20F3N3O. The van der Waals surface area contributed by atoms with Crippen LogP contribution in [0.3, 0.4) is 0 Å². The van der Waals surface area contributed by atoms with Gasteiger partial charge in [-0.1, -0.05) is 13.8 Å². The van der Waals surface area contributed by atoms with E-state index in [0.29, 0.717) is 6.54 Å². The van der Waals surface area contributed by atoms with E-state index in [0.717, 1.165) is 47.7 Å². The minimum absolute atomic E-state index is 0.228. The van der Waals surface area contributed by atoms with Gasteiger partial charge in [0.2, 0.25) is 0 Å². The van der Waals surface area contributed by atoms with Gasteiger partial charge in [-0.25, -0.2) is 9.97 Å². The highest BCUT2D eigenvalue weighted by atomic mass is 19.4. The van der Waals surface area contributed by atoms with E-state index in [-0.39, 0.29) is 11.7 Å². The Morgan fingerprint density at radius 2 is 1.92 bits per heavy atom. The number of aromatic nitrogens is 2. The second-order valence-electron chi connectivity index (χ2n) is 6.16. The molecule has 1 atom stereocenters. The van der Waals surface area contributed by atoms with Crippen LogP contribution in [0.2, 0.25) is 0 Å². The normalized spacial score (nSPS) is 15.6. The predicted molar refractivity (Wildman–Crippen MR) is 88.3 cm³/mol. The van der Waals surface area contributed by atoms with Crippen molar-refractivity contribution in [3.05, 3.63) is 41.3 Å². The zero-order valence-electron chi connectivity index (χ0n) is 14.2. The Hall–Kier alpha value is -2.15. The Labute approximate surface area is 144 Å². The summed E-state index contributed by atoms with van der Waals surface area (Å²) in [4.78, 5) is 9.43. The van der Waals surface area contributed by atoms with Crippen molar-refractivity contribution < 1.29 is 17.9 Å². The summed E-state index contributed by atoms with van der Waals surface area (Å²) in [6.07, 6.45) is -2.94. The minimum atomic E-state index is -4.69. The van der Waals surface area contributed by atoms with Gasteiger partial charge in [0.25, 0.3) is 0 Å². The Bertz CT molecular complexity index is 744. The maximum atomic E-state index is 12.3. The molecular weight excluding hydrogens is 331 g/mol. The van der Waals surface area contributed by atoms with Crippen molar-refractivity contribution >= 4 is 0 Å². The summed E-state index contributed by atoms with van der Waals surface area (Å²) in [6.45, 7) is 5.68. The third-order valence-electron chi connectivity index (χ3n) is 4.36. The summed E-state index contributed by atoms with van der Waals surface area (Å²) in [5.41, 5.74) is 3.59. The first-order valence-electron chi connectivity index (χ1n) is 8.34. The first kappa shape index (κ1) is 17.7. The lowest BCUT2D eigenvalue weighted by Crippen LogP contribution is -2.26. The number of nitrogens with zero attached hydrogens (tertiary/aromatic N) is 2. The van der Waals surface area contributed by atoms with E-state index in [1.165, 1.54) is 12.1 Å². The Morgan fingerprint density at radius 1 is 1.20 bits per heavy atom. The molecule has 0 amide bonds. The largest absolute Gasteiger partial charge is 0.573 e. The third-order valence-corrected chi connectivity index (χ3v) is 4.36. The Balaban J connectivity index is 2.00. The first-order chi connectivity index (χ1) is 11.9. The average Bonchev–Trinajstić information content (AvgIpc) is 2.59. The van der Waals surface area contributed by atoms with E-state index < -0.39 is 6.36 Å². The number of halogens is 3. The molecule has 134 valence electrons. The molecule has 0 aliphatic carbocycles. The molecule has 25 heavy (non-hydrogen) atoms. The van der Waals surface area contributed by atoms with Crippen molar-refractivity contribution in [2.45, 2.75) is 45.5 Å². The van der Waals surface area contributed by atoms with Crippen LogP contribution < -0.4 is 10.1 Å². The molecule has 0 spiro atoms. The summed E-state index contributed by atoms with van der Waals surface area (Å²) >= 11 is 0. The third kappa shape index (κ3) is 4.10. The molecule has 2 heterocycles. The van der Waals surface area contributed by atoms with Crippen LogP contribution in [-0.2, 0) is 13.0 Å². The number of rotatable bonds is 4. The van der Waals surface area contributed by atoms with Gasteiger partial charge < -0.3 is 10.1 Å². The molecule has 3 rings (SSSR count). The molecule has 0 radical (unpaired) electrons. The van der Waals surface area contributed by atoms with E-state index in [1.807, 2.05) is 0 Å². The topological polar surface area (TPSA) is 47.0 Å². The summed E-state index contributed by atoms with van der Waals surface area (Å²) < 4.78 is 40.9. The van der Waals surface area contributed by atoms with E-state index in [1.54, 1.807) is 12.1 Å². The fourth-order valence-corrected chi connectivity index (χ4v) is 2.82. The molecule has 1 aliphatic heterocycles. The van der Waals surface area contributed by atoms with Crippen LogP contribution >= 0.6 is 0 Å². The highest BCUT2D eigenvalue weighted by Gasteiger charge is 2.31. The van der Waals surface area contributed by atoms with Crippen LogP contribution in [0.5, 0.6) is 5.75 Å². The first-order valence-corrected chi connectivity index (χ1v) is 8.34. The molecule has 0 saturated heterocycles. The van der Waals surface area contributed by atoms with Gasteiger partial charge in [-0.3, -0.25) is 0 Å². The molecule has 1 unspecified atom stereocenters. The SMILES string of the molecule is CCC(C)c1nc2c(c(-c3ccc(OC(F)(F)F)cc3)n1)CNCC2. The van der Waals surface area contributed by atoms with E-state index >= 15 is 0 Å². The van der Waals surface area contributed by atoms with Crippen LogP contribution in [0.4, 0.5) is 13.2 Å². The average molecular weight is 351 g/mol. The van der Waals surface area contributed by atoms with E-state index in [4.69, 9.17) is 9.97 Å². The number of nitrogens with one attached hydrogen (secondary N) is 1. The second kappa shape index (κ2) is 7.00. The van der Waals surface area contributed by atoms with Crippen LogP contribution in [-0.4, -0.2) is 22.9 Å². The van der Waals surface area contributed by atoms with Crippen LogP contribution in [0.25, 0.3) is 11.3 Å². The summed E-state index contributed by atoms with van der Waals surface area (Å²) in [5, 5.41) is 3.30. The number of hydrogen-bond acceptors (Lipinski definition) is 4. The molecule has 2 aromatic rings. The summed E-state index contributed by atoms with van der Waals surface area (Å²) in [5.74, 6) is 0.778.